The van der Waals surface area contributed by atoms with Gasteiger partial charge in [-0.15, -0.1) is 0 Å². The van der Waals surface area contributed by atoms with E-state index in [2.05, 4.69) is 23.4 Å². The van der Waals surface area contributed by atoms with Crippen molar-refractivity contribution in [2.24, 2.45) is 7.05 Å². The summed E-state index contributed by atoms with van der Waals surface area (Å²) in [5, 5.41) is 3.35. The van der Waals surface area contributed by atoms with Crippen molar-refractivity contribution in [3.05, 3.63) is 18.2 Å². The van der Waals surface area contributed by atoms with Crippen LogP contribution in [-0.4, -0.2) is 16.6 Å². The van der Waals surface area contributed by atoms with Crippen LogP contribution < -0.4 is 5.32 Å². The topological polar surface area (TPSA) is 29.9 Å². The summed E-state index contributed by atoms with van der Waals surface area (Å²) in [5.74, 6) is 0. The first kappa shape index (κ1) is 13.2. The molecule has 1 heterocycles. The molecule has 1 atom stereocenters. The minimum Gasteiger partial charge on any atom is -0.340 e. The van der Waals surface area contributed by atoms with E-state index in [0.29, 0.717) is 6.04 Å². The second-order valence-corrected chi connectivity index (χ2v) is 4.51. The molecule has 92 valence electrons. The van der Waals surface area contributed by atoms with Crippen molar-refractivity contribution in [2.75, 3.05) is 7.05 Å². The molecule has 0 aliphatic carbocycles. The molecule has 0 fully saturated rings. The van der Waals surface area contributed by atoms with Gasteiger partial charge in [-0.05, 0) is 13.5 Å². The average molecular weight is 223 g/mol. The summed E-state index contributed by atoms with van der Waals surface area (Å²) in [7, 11) is 4.04. The normalized spacial score (nSPS) is 12.9. The maximum absolute atomic E-state index is 4.40. The van der Waals surface area contributed by atoms with Crippen LogP contribution in [0.4, 0.5) is 0 Å². The lowest BCUT2D eigenvalue weighted by Gasteiger charge is -2.13. The van der Waals surface area contributed by atoms with E-state index < -0.39 is 0 Å². The first-order chi connectivity index (χ1) is 7.77. The van der Waals surface area contributed by atoms with Gasteiger partial charge in [0.05, 0.1) is 18.1 Å². The highest BCUT2D eigenvalue weighted by Crippen LogP contribution is 2.18. The van der Waals surface area contributed by atoms with E-state index in [1.54, 1.807) is 0 Å². The van der Waals surface area contributed by atoms with E-state index in [1.807, 2.05) is 25.0 Å². The molecule has 1 aromatic rings. The van der Waals surface area contributed by atoms with Crippen LogP contribution in [0.25, 0.3) is 0 Å². The average Bonchev–Trinajstić information content (AvgIpc) is 2.70. The third kappa shape index (κ3) is 4.35. The van der Waals surface area contributed by atoms with E-state index in [0.717, 1.165) is 0 Å². The highest BCUT2D eigenvalue weighted by atomic mass is 15.0. The van der Waals surface area contributed by atoms with E-state index >= 15 is 0 Å². The van der Waals surface area contributed by atoms with Crippen molar-refractivity contribution in [3.63, 3.8) is 0 Å². The maximum Gasteiger partial charge on any atom is 0.0947 e. The zero-order chi connectivity index (χ0) is 11.8. The number of imidazole rings is 1. The number of rotatable bonds is 8. The molecule has 1 unspecified atom stereocenters. The van der Waals surface area contributed by atoms with Gasteiger partial charge in [0, 0.05) is 13.2 Å². The van der Waals surface area contributed by atoms with Crippen molar-refractivity contribution in [1.82, 2.24) is 14.9 Å². The minimum absolute atomic E-state index is 0.419. The summed E-state index contributed by atoms with van der Waals surface area (Å²) in [4.78, 5) is 4.40. The van der Waals surface area contributed by atoms with Gasteiger partial charge in [-0.2, -0.15) is 0 Å². The summed E-state index contributed by atoms with van der Waals surface area (Å²) in [6, 6.07) is 0.419. The van der Waals surface area contributed by atoms with Crippen LogP contribution >= 0.6 is 0 Å². The predicted molar refractivity (Wildman–Crippen MR) is 68.4 cm³/mol. The first-order valence-corrected chi connectivity index (χ1v) is 6.43. The summed E-state index contributed by atoms with van der Waals surface area (Å²) in [5.41, 5.74) is 1.17. The van der Waals surface area contributed by atoms with E-state index in [4.69, 9.17) is 0 Å². The first-order valence-electron chi connectivity index (χ1n) is 6.43. The van der Waals surface area contributed by atoms with E-state index in [9.17, 15) is 0 Å². The van der Waals surface area contributed by atoms with Crippen molar-refractivity contribution in [3.8, 4) is 0 Å². The Hall–Kier alpha value is -0.830. The smallest absolute Gasteiger partial charge is 0.0947 e. The Morgan fingerprint density at radius 1 is 1.31 bits per heavy atom. The summed E-state index contributed by atoms with van der Waals surface area (Å²) in [6.07, 6.45) is 11.9. The van der Waals surface area contributed by atoms with Gasteiger partial charge < -0.3 is 9.88 Å². The van der Waals surface area contributed by atoms with Gasteiger partial charge in [0.1, 0.15) is 0 Å². The fourth-order valence-electron chi connectivity index (χ4n) is 2.01. The van der Waals surface area contributed by atoms with Gasteiger partial charge in [0.25, 0.3) is 0 Å². The Morgan fingerprint density at radius 3 is 2.62 bits per heavy atom. The molecule has 1 rings (SSSR count). The summed E-state index contributed by atoms with van der Waals surface area (Å²) >= 11 is 0. The van der Waals surface area contributed by atoms with Crippen LogP contribution in [0.5, 0.6) is 0 Å². The Bertz CT molecular complexity index is 280. The molecule has 1 N–H and O–H groups in total. The minimum atomic E-state index is 0.419. The number of hydrogen-bond donors (Lipinski definition) is 1. The van der Waals surface area contributed by atoms with E-state index in [1.165, 1.54) is 44.2 Å². The van der Waals surface area contributed by atoms with E-state index in [-0.39, 0.29) is 0 Å². The largest absolute Gasteiger partial charge is 0.340 e. The molecule has 0 bridgehead atoms. The second kappa shape index (κ2) is 7.44. The zero-order valence-electron chi connectivity index (χ0n) is 10.9. The Balaban J connectivity index is 2.27. The van der Waals surface area contributed by atoms with Crippen LogP contribution in [-0.2, 0) is 7.05 Å². The van der Waals surface area contributed by atoms with Crippen molar-refractivity contribution < 1.29 is 0 Å². The molecule has 0 spiro atoms. The summed E-state index contributed by atoms with van der Waals surface area (Å²) < 4.78 is 2.01. The molecular weight excluding hydrogens is 198 g/mol. The number of aryl methyl sites for hydroxylation is 1. The van der Waals surface area contributed by atoms with Crippen LogP contribution in [0.1, 0.15) is 57.2 Å². The van der Waals surface area contributed by atoms with Gasteiger partial charge in [-0.1, -0.05) is 39.0 Å². The second-order valence-electron chi connectivity index (χ2n) is 4.51. The molecule has 0 amide bonds. The Morgan fingerprint density at radius 2 is 2.06 bits per heavy atom. The summed E-state index contributed by atoms with van der Waals surface area (Å²) in [6.45, 7) is 2.25. The SMILES string of the molecule is CCCCCCCC(NC)c1cn(C)cn1. The lowest BCUT2D eigenvalue weighted by atomic mass is 10.0. The lowest BCUT2D eigenvalue weighted by Crippen LogP contribution is -2.16. The highest BCUT2D eigenvalue weighted by molar-refractivity contribution is 5.03. The number of unbranched alkanes of at least 4 members (excludes halogenated alkanes) is 4. The van der Waals surface area contributed by atoms with Crippen molar-refractivity contribution in [1.29, 1.82) is 0 Å². The quantitative estimate of drug-likeness (QED) is 0.686. The number of nitrogens with one attached hydrogen (secondary N) is 1. The molecule has 1 aromatic heterocycles. The molecule has 0 aromatic carbocycles. The fourth-order valence-corrected chi connectivity index (χ4v) is 2.01. The lowest BCUT2D eigenvalue weighted by molar-refractivity contribution is 0.493. The van der Waals surface area contributed by atoms with Gasteiger partial charge in [0.2, 0.25) is 0 Å². The van der Waals surface area contributed by atoms with Gasteiger partial charge in [-0.25, -0.2) is 4.98 Å². The molecule has 3 heteroatoms. The highest BCUT2D eigenvalue weighted by Gasteiger charge is 2.10. The monoisotopic (exact) mass is 223 g/mol. The molecule has 0 radical (unpaired) electrons. The van der Waals surface area contributed by atoms with Crippen LogP contribution in [0.15, 0.2) is 12.5 Å². The van der Waals surface area contributed by atoms with Crippen LogP contribution in [0.2, 0.25) is 0 Å². The van der Waals surface area contributed by atoms with Crippen molar-refractivity contribution in [2.45, 2.75) is 51.5 Å². The Kier molecular flexibility index (Phi) is 6.16. The van der Waals surface area contributed by atoms with Crippen molar-refractivity contribution >= 4 is 0 Å². The van der Waals surface area contributed by atoms with Gasteiger partial charge in [-0.3, -0.25) is 0 Å². The third-order valence-electron chi connectivity index (χ3n) is 3.03. The third-order valence-corrected chi connectivity index (χ3v) is 3.03. The molecule has 0 saturated heterocycles. The van der Waals surface area contributed by atoms with Gasteiger partial charge in [0.15, 0.2) is 0 Å². The number of hydrogen-bond acceptors (Lipinski definition) is 2. The predicted octanol–water partition coefficient (Wildman–Crippen LogP) is 3.04. The standard InChI is InChI=1S/C13H25N3/c1-4-5-6-7-8-9-12(14-2)13-10-16(3)11-15-13/h10-12,14H,4-9H2,1-3H3. The van der Waals surface area contributed by atoms with Crippen LogP contribution in [0, 0.1) is 0 Å². The molecule has 0 aliphatic heterocycles. The number of nitrogens with zero attached hydrogens (tertiary/aromatic N) is 2. The molecule has 0 aliphatic rings. The zero-order valence-corrected chi connectivity index (χ0v) is 10.9. The Labute approximate surface area is 99.3 Å². The molecule has 16 heavy (non-hydrogen) atoms. The van der Waals surface area contributed by atoms with Crippen LogP contribution in [0.3, 0.4) is 0 Å². The molecule has 0 saturated carbocycles. The van der Waals surface area contributed by atoms with Gasteiger partial charge >= 0.3 is 0 Å². The fraction of sp³-hybridized carbons (Fsp3) is 0.769. The molecular formula is C13H25N3. The maximum atomic E-state index is 4.40. The molecule has 3 nitrogen and oxygen atoms in total. The number of aromatic nitrogens is 2.